The predicted octanol–water partition coefficient (Wildman–Crippen LogP) is 2.59. The van der Waals surface area contributed by atoms with Crippen LogP contribution in [0.15, 0.2) is 53.4 Å². The van der Waals surface area contributed by atoms with E-state index in [4.69, 9.17) is 11.6 Å². The van der Waals surface area contributed by atoms with Gasteiger partial charge in [-0.05, 0) is 43.2 Å². The van der Waals surface area contributed by atoms with Crippen LogP contribution in [0.1, 0.15) is 29.6 Å². The van der Waals surface area contributed by atoms with Crippen molar-refractivity contribution in [2.24, 2.45) is 0 Å². The first-order chi connectivity index (χ1) is 16.4. The molecule has 0 atom stereocenters. The van der Waals surface area contributed by atoms with Crippen LogP contribution in [0.25, 0.3) is 0 Å². The first-order valence-corrected chi connectivity index (χ1v) is 13.3. The van der Waals surface area contributed by atoms with Crippen molar-refractivity contribution in [2.75, 3.05) is 50.7 Å². The summed E-state index contributed by atoms with van der Waals surface area (Å²) in [7, 11) is -3.76. The first-order valence-electron chi connectivity index (χ1n) is 11.5. The molecule has 182 valence electrons. The molecular formula is C24H29ClN4O4S. The number of hydrogen-bond acceptors (Lipinski definition) is 5. The molecule has 34 heavy (non-hydrogen) atoms. The molecule has 0 radical (unpaired) electrons. The monoisotopic (exact) mass is 504 g/mol. The molecule has 2 aromatic rings. The fourth-order valence-electron chi connectivity index (χ4n) is 4.32. The molecule has 2 heterocycles. The number of nitrogens with one attached hydrogen (secondary N) is 1. The zero-order valence-corrected chi connectivity index (χ0v) is 20.5. The van der Waals surface area contributed by atoms with Gasteiger partial charge < -0.3 is 15.1 Å². The number of hydrogen-bond donors (Lipinski definition) is 1. The zero-order chi connectivity index (χ0) is 24.1. The van der Waals surface area contributed by atoms with E-state index in [1.165, 1.54) is 22.5 Å². The lowest BCUT2D eigenvalue weighted by molar-refractivity contribution is -0.127. The van der Waals surface area contributed by atoms with Crippen LogP contribution >= 0.6 is 11.6 Å². The van der Waals surface area contributed by atoms with Gasteiger partial charge in [0.15, 0.2) is 0 Å². The number of nitrogens with zero attached hydrogens (tertiary/aromatic N) is 3. The average molecular weight is 505 g/mol. The number of likely N-dealkylation sites (tertiary alicyclic amines) is 1. The Hall–Kier alpha value is -2.62. The number of benzene rings is 2. The van der Waals surface area contributed by atoms with Gasteiger partial charge in [-0.2, -0.15) is 4.31 Å². The van der Waals surface area contributed by atoms with Gasteiger partial charge in [0.25, 0.3) is 5.91 Å². The van der Waals surface area contributed by atoms with Gasteiger partial charge in [-0.1, -0.05) is 29.8 Å². The summed E-state index contributed by atoms with van der Waals surface area (Å²) in [4.78, 5) is 28.4. The summed E-state index contributed by atoms with van der Waals surface area (Å²) in [5.41, 5.74) is 1.20. The number of carbonyl (C=O) groups excluding carboxylic acids is 2. The van der Waals surface area contributed by atoms with Crippen molar-refractivity contribution in [1.29, 1.82) is 0 Å². The van der Waals surface area contributed by atoms with Gasteiger partial charge in [0, 0.05) is 57.9 Å². The van der Waals surface area contributed by atoms with Crippen molar-refractivity contribution in [3.8, 4) is 0 Å². The van der Waals surface area contributed by atoms with E-state index < -0.39 is 15.9 Å². The number of piperazine rings is 1. The summed E-state index contributed by atoms with van der Waals surface area (Å²) in [6.45, 7) is 3.62. The molecule has 8 nitrogen and oxygen atoms in total. The van der Waals surface area contributed by atoms with E-state index in [0.29, 0.717) is 52.1 Å². The van der Waals surface area contributed by atoms with Crippen LogP contribution in [0.5, 0.6) is 0 Å². The highest BCUT2D eigenvalue weighted by atomic mass is 35.5. The van der Waals surface area contributed by atoms with Crippen LogP contribution in [0.4, 0.5) is 5.69 Å². The number of carbonyl (C=O) groups is 2. The van der Waals surface area contributed by atoms with Gasteiger partial charge in [0.05, 0.1) is 15.5 Å². The lowest BCUT2D eigenvalue weighted by Gasteiger charge is -2.35. The smallest absolute Gasteiger partial charge is 0.252 e. The predicted molar refractivity (Wildman–Crippen MR) is 132 cm³/mol. The molecule has 2 saturated heterocycles. The second-order valence-electron chi connectivity index (χ2n) is 8.46. The number of para-hydroxylation sites is 1. The highest BCUT2D eigenvalue weighted by Gasteiger charge is 2.29. The Morgan fingerprint density at radius 1 is 1.00 bits per heavy atom. The summed E-state index contributed by atoms with van der Waals surface area (Å²) < 4.78 is 27.9. The average Bonchev–Trinajstić information content (AvgIpc) is 3.27. The van der Waals surface area contributed by atoms with Crippen molar-refractivity contribution in [2.45, 2.75) is 24.2 Å². The van der Waals surface area contributed by atoms with E-state index in [9.17, 15) is 18.0 Å². The molecule has 10 heteroatoms. The minimum absolute atomic E-state index is 0.0536. The largest absolute Gasteiger partial charge is 0.369 e. The first kappa shape index (κ1) is 24.5. The lowest BCUT2D eigenvalue weighted by atomic mass is 10.2. The normalized spacial score (nSPS) is 17.3. The Kier molecular flexibility index (Phi) is 7.75. The minimum atomic E-state index is -3.76. The molecule has 2 aliphatic heterocycles. The third-order valence-corrected chi connectivity index (χ3v) is 8.47. The number of amides is 2. The molecule has 0 saturated carbocycles. The number of rotatable bonds is 8. The molecule has 0 unspecified atom stereocenters. The van der Waals surface area contributed by atoms with Crippen molar-refractivity contribution >= 4 is 39.1 Å². The molecule has 4 rings (SSSR count). The zero-order valence-electron chi connectivity index (χ0n) is 19.0. The molecule has 0 spiro atoms. The third-order valence-electron chi connectivity index (χ3n) is 6.24. The molecular weight excluding hydrogens is 476 g/mol. The van der Waals surface area contributed by atoms with E-state index in [0.717, 1.165) is 18.7 Å². The van der Waals surface area contributed by atoms with Gasteiger partial charge in [0.2, 0.25) is 15.9 Å². The van der Waals surface area contributed by atoms with Crippen LogP contribution in [0.2, 0.25) is 5.02 Å². The van der Waals surface area contributed by atoms with E-state index in [-0.39, 0.29) is 21.4 Å². The number of sulfonamides is 1. The fourth-order valence-corrected chi connectivity index (χ4v) is 5.97. The summed E-state index contributed by atoms with van der Waals surface area (Å²) in [5.74, 6) is -0.277. The van der Waals surface area contributed by atoms with Crippen molar-refractivity contribution < 1.29 is 18.0 Å². The van der Waals surface area contributed by atoms with E-state index in [1.807, 2.05) is 30.3 Å². The van der Waals surface area contributed by atoms with Crippen LogP contribution in [0.3, 0.4) is 0 Å². The molecule has 2 amide bonds. The summed E-state index contributed by atoms with van der Waals surface area (Å²) in [6.07, 6.45) is 2.09. The molecule has 0 bridgehead atoms. The second-order valence-corrected chi connectivity index (χ2v) is 10.8. The molecule has 1 N–H and O–H groups in total. The SMILES string of the molecule is O=C(NCCCN1CCCC1=O)c1cc(S(=O)(=O)N2CCN(c3ccccc3)CC2)ccc1Cl. The summed E-state index contributed by atoms with van der Waals surface area (Å²) in [6, 6.07) is 14.1. The standard InChI is InChI=1S/C24H29ClN4O4S/c25-22-10-9-20(18-21(22)24(31)26-11-5-13-28-12-4-8-23(28)30)34(32,33)29-16-14-27(15-17-29)19-6-2-1-3-7-19/h1-3,6-7,9-10,18H,4-5,8,11-17H2,(H,26,31). The van der Waals surface area contributed by atoms with Crippen molar-refractivity contribution in [3.05, 3.63) is 59.1 Å². The van der Waals surface area contributed by atoms with Crippen LogP contribution in [0, 0.1) is 0 Å². The van der Waals surface area contributed by atoms with Gasteiger partial charge in [0.1, 0.15) is 0 Å². The fraction of sp³-hybridized carbons (Fsp3) is 0.417. The van der Waals surface area contributed by atoms with E-state index in [1.54, 1.807) is 4.90 Å². The Labute approximate surface area is 205 Å². The van der Waals surface area contributed by atoms with E-state index in [2.05, 4.69) is 10.2 Å². The lowest BCUT2D eigenvalue weighted by Crippen LogP contribution is -2.48. The Balaban J connectivity index is 1.36. The number of anilines is 1. The highest BCUT2D eigenvalue weighted by molar-refractivity contribution is 7.89. The molecule has 0 aliphatic carbocycles. The topological polar surface area (TPSA) is 90.0 Å². The van der Waals surface area contributed by atoms with Gasteiger partial charge >= 0.3 is 0 Å². The van der Waals surface area contributed by atoms with Crippen molar-refractivity contribution in [3.63, 3.8) is 0 Å². The van der Waals surface area contributed by atoms with Gasteiger partial charge in [-0.25, -0.2) is 8.42 Å². The molecule has 2 fully saturated rings. The second kappa shape index (κ2) is 10.8. The molecule has 2 aliphatic rings. The molecule has 2 aromatic carbocycles. The Morgan fingerprint density at radius 3 is 2.41 bits per heavy atom. The Morgan fingerprint density at radius 2 is 1.74 bits per heavy atom. The number of halogens is 1. The maximum atomic E-state index is 13.2. The van der Waals surface area contributed by atoms with Gasteiger partial charge in [-0.15, -0.1) is 0 Å². The van der Waals surface area contributed by atoms with Crippen LogP contribution < -0.4 is 10.2 Å². The van der Waals surface area contributed by atoms with E-state index >= 15 is 0 Å². The van der Waals surface area contributed by atoms with Crippen LogP contribution in [-0.4, -0.2) is 75.3 Å². The maximum Gasteiger partial charge on any atom is 0.252 e. The molecule has 0 aromatic heterocycles. The van der Waals surface area contributed by atoms with Gasteiger partial charge in [-0.3, -0.25) is 9.59 Å². The minimum Gasteiger partial charge on any atom is -0.369 e. The maximum absolute atomic E-state index is 13.2. The third kappa shape index (κ3) is 5.54. The summed E-state index contributed by atoms with van der Waals surface area (Å²) in [5, 5.41) is 2.98. The summed E-state index contributed by atoms with van der Waals surface area (Å²) >= 11 is 6.22. The quantitative estimate of drug-likeness (QED) is 0.558. The Bertz CT molecular complexity index is 1130. The highest BCUT2D eigenvalue weighted by Crippen LogP contribution is 2.25. The van der Waals surface area contributed by atoms with Crippen LogP contribution in [-0.2, 0) is 14.8 Å². The van der Waals surface area contributed by atoms with Crippen molar-refractivity contribution in [1.82, 2.24) is 14.5 Å².